The number of carbonyl (C=O) groups is 1. The Morgan fingerprint density at radius 2 is 2.26 bits per heavy atom. The topological polar surface area (TPSA) is 89.3 Å². The van der Waals surface area contributed by atoms with Crippen molar-refractivity contribution in [2.75, 3.05) is 20.2 Å². The summed E-state index contributed by atoms with van der Waals surface area (Å²) in [7, 11) is 1.63. The molecule has 7 heteroatoms. The second-order valence-corrected chi connectivity index (χ2v) is 4.88. The van der Waals surface area contributed by atoms with Gasteiger partial charge in [-0.1, -0.05) is 5.21 Å². The Kier molecular flexibility index (Phi) is 4.49. The van der Waals surface area contributed by atoms with Crippen LogP contribution in [0.15, 0.2) is 0 Å². The van der Waals surface area contributed by atoms with Crippen LogP contribution in [0, 0.1) is 0 Å². The largest absolute Gasteiger partial charge is 0.476 e. The third-order valence-electron chi connectivity index (χ3n) is 3.53. The van der Waals surface area contributed by atoms with E-state index in [1.54, 1.807) is 11.8 Å². The lowest BCUT2D eigenvalue weighted by Crippen LogP contribution is -2.29. The minimum Gasteiger partial charge on any atom is -0.476 e. The van der Waals surface area contributed by atoms with E-state index in [1.165, 1.54) is 0 Å². The molecule has 0 bridgehead atoms. The molecule has 19 heavy (non-hydrogen) atoms. The highest BCUT2D eigenvalue weighted by atomic mass is 16.5. The number of methoxy groups -OCH3 is 1. The van der Waals surface area contributed by atoms with Crippen LogP contribution < -0.4 is 5.32 Å². The second-order valence-electron chi connectivity index (χ2n) is 4.88. The lowest BCUT2D eigenvalue weighted by Gasteiger charge is -2.24. The van der Waals surface area contributed by atoms with Crippen LogP contribution in [0.2, 0.25) is 0 Å². The molecule has 1 saturated heterocycles. The molecule has 1 unspecified atom stereocenters. The molecule has 2 heterocycles. The molecule has 106 valence electrons. The second kappa shape index (κ2) is 6.12. The quantitative estimate of drug-likeness (QED) is 0.807. The van der Waals surface area contributed by atoms with Gasteiger partial charge in [0.05, 0.1) is 18.3 Å². The molecule has 0 aliphatic carbocycles. The van der Waals surface area contributed by atoms with E-state index >= 15 is 0 Å². The van der Waals surface area contributed by atoms with Crippen LogP contribution in [0.25, 0.3) is 0 Å². The Morgan fingerprint density at radius 3 is 2.84 bits per heavy atom. The standard InChI is InChI=1S/C12H20N4O3/c1-8(19-2)7-16-11(9-3-5-13-6-4-9)10(12(17)18)14-15-16/h8-9,13H,3-7H2,1-2H3,(H,17,18). The molecule has 0 amide bonds. The van der Waals surface area contributed by atoms with Crippen LogP contribution in [0.5, 0.6) is 0 Å². The van der Waals surface area contributed by atoms with Crippen LogP contribution in [0.3, 0.4) is 0 Å². The van der Waals surface area contributed by atoms with Gasteiger partial charge in [0.1, 0.15) is 0 Å². The van der Waals surface area contributed by atoms with Crippen LogP contribution in [0.4, 0.5) is 0 Å². The molecule has 0 aromatic carbocycles. The van der Waals surface area contributed by atoms with Crippen molar-refractivity contribution in [2.45, 2.75) is 38.3 Å². The highest BCUT2D eigenvalue weighted by Crippen LogP contribution is 2.27. The predicted molar refractivity (Wildman–Crippen MR) is 68.3 cm³/mol. The molecule has 1 fully saturated rings. The highest BCUT2D eigenvalue weighted by Gasteiger charge is 2.28. The first-order valence-corrected chi connectivity index (χ1v) is 6.53. The summed E-state index contributed by atoms with van der Waals surface area (Å²) < 4.78 is 6.91. The van der Waals surface area contributed by atoms with Crippen molar-refractivity contribution < 1.29 is 14.6 Å². The molecular formula is C12H20N4O3. The average molecular weight is 268 g/mol. The van der Waals surface area contributed by atoms with E-state index < -0.39 is 5.97 Å². The number of nitrogens with zero attached hydrogens (tertiary/aromatic N) is 3. The molecule has 1 aromatic rings. The summed E-state index contributed by atoms with van der Waals surface area (Å²) in [6.07, 6.45) is 1.80. The van der Waals surface area contributed by atoms with Crippen molar-refractivity contribution in [2.24, 2.45) is 0 Å². The molecule has 7 nitrogen and oxygen atoms in total. The van der Waals surface area contributed by atoms with Gasteiger partial charge in [0, 0.05) is 13.0 Å². The number of hydrogen-bond donors (Lipinski definition) is 2. The fourth-order valence-electron chi connectivity index (χ4n) is 2.43. The number of carboxylic acid groups (broad SMARTS) is 1. The molecule has 2 rings (SSSR count). The first-order valence-electron chi connectivity index (χ1n) is 6.53. The molecule has 1 atom stereocenters. The maximum atomic E-state index is 11.3. The number of aromatic nitrogens is 3. The zero-order valence-corrected chi connectivity index (χ0v) is 11.3. The molecule has 1 aromatic heterocycles. The summed E-state index contributed by atoms with van der Waals surface area (Å²) in [5, 5.41) is 20.3. The van der Waals surface area contributed by atoms with E-state index in [-0.39, 0.29) is 17.7 Å². The van der Waals surface area contributed by atoms with E-state index in [0.29, 0.717) is 6.54 Å². The van der Waals surface area contributed by atoms with Crippen LogP contribution >= 0.6 is 0 Å². The van der Waals surface area contributed by atoms with Gasteiger partial charge in [-0.25, -0.2) is 9.48 Å². The maximum absolute atomic E-state index is 11.3. The molecule has 0 saturated carbocycles. The van der Waals surface area contributed by atoms with Gasteiger partial charge >= 0.3 is 5.97 Å². The number of ether oxygens (including phenoxy) is 1. The van der Waals surface area contributed by atoms with Crippen LogP contribution in [-0.2, 0) is 11.3 Å². The summed E-state index contributed by atoms with van der Waals surface area (Å²) in [6, 6.07) is 0. The number of piperidine rings is 1. The SMILES string of the molecule is COC(C)Cn1nnc(C(=O)O)c1C1CCNCC1. The smallest absolute Gasteiger partial charge is 0.358 e. The zero-order valence-electron chi connectivity index (χ0n) is 11.3. The average Bonchev–Trinajstić information content (AvgIpc) is 2.83. The van der Waals surface area contributed by atoms with Crippen molar-refractivity contribution in [1.82, 2.24) is 20.3 Å². The van der Waals surface area contributed by atoms with E-state index in [4.69, 9.17) is 4.74 Å². The van der Waals surface area contributed by atoms with Gasteiger partial charge in [-0.15, -0.1) is 5.10 Å². The normalized spacial score (nSPS) is 18.4. The van der Waals surface area contributed by atoms with Crippen molar-refractivity contribution in [3.05, 3.63) is 11.4 Å². The van der Waals surface area contributed by atoms with Gasteiger partial charge < -0.3 is 15.2 Å². The first kappa shape index (κ1) is 14.0. The van der Waals surface area contributed by atoms with Crippen LogP contribution in [0.1, 0.15) is 41.9 Å². The summed E-state index contributed by atoms with van der Waals surface area (Å²) >= 11 is 0. The molecule has 1 aliphatic heterocycles. The Morgan fingerprint density at radius 1 is 1.58 bits per heavy atom. The number of hydrogen-bond acceptors (Lipinski definition) is 5. The van der Waals surface area contributed by atoms with Crippen molar-refractivity contribution in [3.63, 3.8) is 0 Å². The first-order chi connectivity index (χ1) is 9.13. The molecule has 0 spiro atoms. The lowest BCUT2D eigenvalue weighted by molar-refractivity contribution is 0.0687. The molecule has 0 radical (unpaired) electrons. The number of nitrogens with one attached hydrogen (secondary N) is 1. The third-order valence-corrected chi connectivity index (χ3v) is 3.53. The van der Waals surface area contributed by atoms with Gasteiger partial charge in [0.25, 0.3) is 0 Å². The Balaban J connectivity index is 2.29. The Bertz CT molecular complexity index is 440. The fourth-order valence-corrected chi connectivity index (χ4v) is 2.43. The van der Waals surface area contributed by atoms with Gasteiger partial charge in [-0.3, -0.25) is 0 Å². The number of rotatable bonds is 5. The summed E-state index contributed by atoms with van der Waals surface area (Å²) in [4.78, 5) is 11.3. The van der Waals surface area contributed by atoms with Gasteiger partial charge in [-0.2, -0.15) is 0 Å². The predicted octanol–water partition coefficient (Wildman–Crippen LogP) is 0.478. The highest BCUT2D eigenvalue weighted by molar-refractivity contribution is 5.86. The third kappa shape index (κ3) is 3.10. The van der Waals surface area contributed by atoms with E-state index in [1.807, 2.05) is 6.92 Å². The van der Waals surface area contributed by atoms with E-state index in [2.05, 4.69) is 15.6 Å². The van der Waals surface area contributed by atoms with Crippen molar-refractivity contribution in [1.29, 1.82) is 0 Å². The fraction of sp³-hybridized carbons (Fsp3) is 0.750. The van der Waals surface area contributed by atoms with Crippen LogP contribution in [-0.4, -0.2) is 52.4 Å². The number of aromatic carboxylic acids is 1. The van der Waals surface area contributed by atoms with Crippen molar-refractivity contribution >= 4 is 5.97 Å². The Labute approximate surface area is 111 Å². The van der Waals surface area contributed by atoms with Gasteiger partial charge in [0.2, 0.25) is 0 Å². The van der Waals surface area contributed by atoms with E-state index in [9.17, 15) is 9.90 Å². The summed E-state index contributed by atoms with van der Waals surface area (Å²) in [5.74, 6) is -0.809. The van der Waals surface area contributed by atoms with Gasteiger partial charge in [-0.05, 0) is 32.9 Å². The summed E-state index contributed by atoms with van der Waals surface area (Å²) in [5.41, 5.74) is 0.813. The molecule has 2 N–H and O–H groups in total. The van der Waals surface area contributed by atoms with Gasteiger partial charge in [0.15, 0.2) is 5.69 Å². The molecular weight excluding hydrogens is 248 g/mol. The lowest BCUT2D eigenvalue weighted by atomic mass is 9.93. The minimum absolute atomic E-state index is 0.0242. The van der Waals surface area contributed by atoms with Crippen molar-refractivity contribution in [3.8, 4) is 0 Å². The number of carboxylic acids is 1. The summed E-state index contributed by atoms with van der Waals surface area (Å²) in [6.45, 7) is 4.24. The Hall–Kier alpha value is -1.47. The molecule has 1 aliphatic rings. The monoisotopic (exact) mass is 268 g/mol. The maximum Gasteiger partial charge on any atom is 0.358 e. The minimum atomic E-state index is -1.01. The zero-order chi connectivity index (χ0) is 13.8. The van der Waals surface area contributed by atoms with E-state index in [0.717, 1.165) is 31.6 Å².